The Balaban J connectivity index is 0.00000156. The standard InChI is InChI=1S/C15H19N5O3.2ClH/c1-7-5-9(12(21)20-15(2,6-16)8-3-4-8)17-11-10(7)13(22)19-14(23)18-11;;/h5,8H,3-4,6,16H2,1-2H3,(H,20,21)(H2,17,18,19,22,23);2*1H. The summed E-state index contributed by atoms with van der Waals surface area (Å²) in [5.74, 6) is 0.0108. The summed E-state index contributed by atoms with van der Waals surface area (Å²) in [6.45, 7) is 3.95. The van der Waals surface area contributed by atoms with E-state index in [-0.39, 0.29) is 47.4 Å². The number of hydrogen-bond donors (Lipinski definition) is 4. The SMILES string of the molecule is Cc1cc(C(=O)NC(C)(CN)C2CC2)nc2[nH]c(=O)[nH]c(=O)c12.Cl.Cl. The topological polar surface area (TPSA) is 134 Å². The summed E-state index contributed by atoms with van der Waals surface area (Å²) >= 11 is 0. The molecule has 1 amide bonds. The summed E-state index contributed by atoms with van der Waals surface area (Å²) in [4.78, 5) is 44.5. The van der Waals surface area contributed by atoms with Crippen molar-refractivity contribution in [2.45, 2.75) is 32.2 Å². The molecule has 138 valence electrons. The molecule has 2 aromatic heterocycles. The van der Waals surface area contributed by atoms with Crippen molar-refractivity contribution in [1.29, 1.82) is 0 Å². The molecule has 2 heterocycles. The van der Waals surface area contributed by atoms with Gasteiger partial charge in [0, 0.05) is 6.54 Å². The van der Waals surface area contributed by atoms with Gasteiger partial charge in [0.2, 0.25) is 0 Å². The van der Waals surface area contributed by atoms with Gasteiger partial charge in [0.05, 0.1) is 10.9 Å². The number of fused-ring (bicyclic) bond motifs is 1. The van der Waals surface area contributed by atoms with Crippen LogP contribution in [0, 0.1) is 12.8 Å². The lowest BCUT2D eigenvalue weighted by molar-refractivity contribution is 0.0893. The molecule has 0 radical (unpaired) electrons. The van der Waals surface area contributed by atoms with E-state index in [1.54, 1.807) is 6.92 Å². The lowest BCUT2D eigenvalue weighted by atomic mass is 9.95. The normalized spacial score (nSPS) is 15.6. The maximum Gasteiger partial charge on any atom is 0.327 e. The number of hydrogen-bond acceptors (Lipinski definition) is 5. The monoisotopic (exact) mass is 389 g/mol. The number of halogens is 2. The molecule has 0 saturated heterocycles. The molecule has 1 unspecified atom stereocenters. The van der Waals surface area contributed by atoms with Gasteiger partial charge in [-0.2, -0.15) is 0 Å². The highest BCUT2D eigenvalue weighted by atomic mass is 35.5. The highest BCUT2D eigenvalue weighted by molar-refractivity contribution is 5.95. The van der Waals surface area contributed by atoms with Crippen LogP contribution in [0.3, 0.4) is 0 Å². The van der Waals surface area contributed by atoms with Crippen LogP contribution in [0.1, 0.15) is 35.8 Å². The van der Waals surface area contributed by atoms with Gasteiger partial charge in [-0.25, -0.2) is 9.78 Å². The molecular weight excluding hydrogens is 369 g/mol. The number of rotatable bonds is 4. The number of H-pyrrole nitrogens is 2. The molecule has 1 aliphatic carbocycles. The first-order chi connectivity index (χ1) is 10.8. The maximum atomic E-state index is 12.5. The highest BCUT2D eigenvalue weighted by Gasteiger charge is 2.41. The van der Waals surface area contributed by atoms with Gasteiger partial charge in [0.15, 0.2) is 0 Å². The van der Waals surface area contributed by atoms with Crippen LogP contribution < -0.4 is 22.3 Å². The second-order valence-electron chi connectivity index (χ2n) is 6.31. The summed E-state index contributed by atoms with van der Waals surface area (Å²) in [7, 11) is 0. The fraction of sp³-hybridized carbons (Fsp3) is 0.467. The summed E-state index contributed by atoms with van der Waals surface area (Å²) in [5, 5.41) is 3.21. The van der Waals surface area contributed by atoms with Crippen LogP contribution in [-0.2, 0) is 0 Å². The predicted molar refractivity (Wildman–Crippen MR) is 99.9 cm³/mol. The lowest BCUT2D eigenvalue weighted by Gasteiger charge is -2.29. The van der Waals surface area contributed by atoms with Gasteiger partial charge in [-0.15, -0.1) is 24.8 Å². The van der Waals surface area contributed by atoms with E-state index < -0.39 is 16.8 Å². The van der Waals surface area contributed by atoms with Gasteiger partial charge in [-0.1, -0.05) is 0 Å². The van der Waals surface area contributed by atoms with Crippen molar-refractivity contribution in [3.05, 3.63) is 38.2 Å². The first kappa shape index (κ1) is 21.1. The molecule has 2 aromatic rings. The smallest absolute Gasteiger partial charge is 0.327 e. The number of carbonyl (C=O) groups is 1. The van der Waals surface area contributed by atoms with Gasteiger partial charge in [0.1, 0.15) is 11.3 Å². The van der Waals surface area contributed by atoms with Gasteiger partial charge in [-0.05, 0) is 44.2 Å². The molecule has 8 nitrogen and oxygen atoms in total. The van der Waals surface area contributed by atoms with Crippen LogP contribution in [0.2, 0.25) is 0 Å². The lowest BCUT2D eigenvalue weighted by Crippen LogP contribution is -2.53. The number of amides is 1. The Kier molecular flexibility index (Phi) is 6.39. The van der Waals surface area contributed by atoms with Crippen molar-refractivity contribution >= 4 is 41.8 Å². The molecule has 0 spiro atoms. The Morgan fingerprint density at radius 3 is 2.56 bits per heavy atom. The van der Waals surface area contributed by atoms with Crippen LogP contribution in [-0.4, -0.2) is 32.9 Å². The fourth-order valence-electron chi connectivity index (χ4n) is 2.83. The van der Waals surface area contributed by atoms with Crippen molar-refractivity contribution in [1.82, 2.24) is 20.3 Å². The van der Waals surface area contributed by atoms with E-state index >= 15 is 0 Å². The Bertz CT molecular complexity index is 906. The minimum atomic E-state index is -0.656. The molecule has 0 bridgehead atoms. The second kappa shape index (κ2) is 7.55. The zero-order valence-electron chi connectivity index (χ0n) is 13.8. The first-order valence-corrected chi connectivity index (χ1v) is 7.50. The predicted octanol–water partition coefficient (Wildman–Crippen LogP) is 0.621. The van der Waals surface area contributed by atoms with Gasteiger partial charge in [0.25, 0.3) is 11.5 Å². The van der Waals surface area contributed by atoms with Crippen LogP contribution in [0.15, 0.2) is 15.7 Å². The zero-order valence-corrected chi connectivity index (χ0v) is 15.5. The van der Waals surface area contributed by atoms with Crippen LogP contribution in [0.5, 0.6) is 0 Å². The Hall–Kier alpha value is -1.90. The minimum absolute atomic E-state index is 0. The van der Waals surface area contributed by atoms with E-state index in [2.05, 4.69) is 20.3 Å². The van der Waals surface area contributed by atoms with E-state index in [1.807, 2.05) is 6.92 Å². The van der Waals surface area contributed by atoms with E-state index in [4.69, 9.17) is 5.73 Å². The Morgan fingerprint density at radius 1 is 1.36 bits per heavy atom. The third-order valence-electron chi connectivity index (χ3n) is 4.44. The number of nitrogens with two attached hydrogens (primary N) is 1. The number of carbonyl (C=O) groups excluding carboxylic acids is 1. The average molecular weight is 390 g/mol. The summed E-state index contributed by atoms with van der Waals surface area (Å²) in [6, 6.07) is 1.54. The summed E-state index contributed by atoms with van der Waals surface area (Å²) < 4.78 is 0. The van der Waals surface area contributed by atoms with Gasteiger partial charge >= 0.3 is 5.69 Å². The average Bonchev–Trinajstić information content (AvgIpc) is 3.30. The Morgan fingerprint density at radius 2 is 2.00 bits per heavy atom. The van der Waals surface area contributed by atoms with Crippen molar-refractivity contribution in [3.63, 3.8) is 0 Å². The zero-order chi connectivity index (χ0) is 16.8. The fourth-order valence-corrected chi connectivity index (χ4v) is 2.83. The molecule has 25 heavy (non-hydrogen) atoms. The number of nitrogens with one attached hydrogen (secondary N) is 3. The van der Waals surface area contributed by atoms with E-state index in [9.17, 15) is 14.4 Å². The molecule has 0 aromatic carbocycles. The van der Waals surface area contributed by atoms with E-state index in [1.165, 1.54) is 6.07 Å². The molecule has 10 heteroatoms. The third kappa shape index (κ3) is 4.02. The summed E-state index contributed by atoms with van der Waals surface area (Å²) in [6.07, 6.45) is 2.09. The number of aryl methyl sites for hydroxylation is 1. The number of pyridine rings is 1. The quantitative estimate of drug-likeness (QED) is 0.607. The molecule has 0 aliphatic heterocycles. The highest BCUT2D eigenvalue weighted by Crippen LogP contribution is 2.39. The molecule has 1 atom stereocenters. The van der Waals surface area contributed by atoms with Gasteiger partial charge < -0.3 is 11.1 Å². The van der Waals surface area contributed by atoms with Crippen LogP contribution >= 0.6 is 24.8 Å². The maximum absolute atomic E-state index is 12.5. The number of nitrogens with zero attached hydrogens (tertiary/aromatic N) is 1. The molecule has 1 saturated carbocycles. The van der Waals surface area contributed by atoms with Crippen molar-refractivity contribution in [3.8, 4) is 0 Å². The van der Waals surface area contributed by atoms with Gasteiger partial charge in [-0.3, -0.25) is 19.6 Å². The van der Waals surface area contributed by atoms with Crippen molar-refractivity contribution < 1.29 is 4.79 Å². The molecule has 1 fully saturated rings. The van der Waals surface area contributed by atoms with Crippen LogP contribution in [0.4, 0.5) is 0 Å². The molecular formula is C15H21Cl2N5O3. The number of aromatic nitrogens is 3. The van der Waals surface area contributed by atoms with Crippen molar-refractivity contribution in [2.24, 2.45) is 11.7 Å². The second-order valence-corrected chi connectivity index (χ2v) is 6.31. The summed E-state index contributed by atoms with van der Waals surface area (Å²) in [5.41, 5.74) is 4.98. The molecule has 3 rings (SSSR count). The molecule has 5 N–H and O–H groups in total. The van der Waals surface area contributed by atoms with E-state index in [0.717, 1.165) is 12.8 Å². The third-order valence-corrected chi connectivity index (χ3v) is 4.44. The minimum Gasteiger partial charge on any atom is -0.344 e. The first-order valence-electron chi connectivity index (χ1n) is 7.50. The largest absolute Gasteiger partial charge is 0.344 e. The van der Waals surface area contributed by atoms with Crippen LogP contribution in [0.25, 0.3) is 11.0 Å². The molecule has 1 aliphatic rings. The number of aromatic amines is 2. The van der Waals surface area contributed by atoms with E-state index in [0.29, 0.717) is 18.0 Å². The Labute approximate surface area is 155 Å². The van der Waals surface area contributed by atoms with Crippen molar-refractivity contribution in [2.75, 3.05) is 6.54 Å².